The summed E-state index contributed by atoms with van der Waals surface area (Å²) >= 11 is 3.18. The molecule has 0 fully saturated rings. The molecule has 0 saturated heterocycles. The van der Waals surface area contributed by atoms with Gasteiger partial charge in [-0.3, -0.25) is 9.55 Å². The van der Waals surface area contributed by atoms with Crippen LogP contribution in [0.2, 0.25) is 0 Å². The zero-order chi connectivity index (χ0) is 13.4. The van der Waals surface area contributed by atoms with E-state index in [9.17, 15) is 4.79 Å². The molecular formula is C13H8BrN3O2. The monoisotopic (exact) mass is 317 g/mol. The van der Waals surface area contributed by atoms with Gasteiger partial charge in [0, 0.05) is 24.0 Å². The molecule has 3 rings (SSSR count). The number of hydrogen-bond donors (Lipinski definition) is 1. The Bertz CT molecular complexity index is 782. The van der Waals surface area contributed by atoms with Crippen LogP contribution in [0.15, 0.2) is 47.5 Å². The number of rotatable bonds is 2. The number of carbonyl (C=O) groups is 1. The molecule has 5 nitrogen and oxygen atoms in total. The smallest absolute Gasteiger partial charge is 0.337 e. The van der Waals surface area contributed by atoms with E-state index in [-0.39, 0.29) is 5.56 Å². The fourth-order valence-electron chi connectivity index (χ4n) is 1.90. The Hall–Kier alpha value is -2.21. The van der Waals surface area contributed by atoms with Gasteiger partial charge in [0.15, 0.2) is 0 Å². The van der Waals surface area contributed by atoms with Gasteiger partial charge in [0.2, 0.25) is 0 Å². The molecule has 0 aliphatic rings. The van der Waals surface area contributed by atoms with Crippen molar-refractivity contribution in [3.05, 3.63) is 53.0 Å². The molecule has 0 atom stereocenters. The van der Waals surface area contributed by atoms with Crippen LogP contribution in [0.5, 0.6) is 0 Å². The van der Waals surface area contributed by atoms with Gasteiger partial charge in [-0.2, -0.15) is 0 Å². The highest BCUT2D eigenvalue weighted by molar-refractivity contribution is 9.10. The van der Waals surface area contributed by atoms with Gasteiger partial charge in [-0.1, -0.05) is 0 Å². The van der Waals surface area contributed by atoms with Gasteiger partial charge in [0.05, 0.1) is 21.7 Å². The van der Waals surface area contributed by atoms with Crippen LogP contribution in [0, 0.1) is 0 Å². The maximum Gasteiger partial charge on any atom is 0.337 e. The SMILES string of the molecule is O=C(O)c1cc(-n2ccc3ccncc32)ncc1Br. The van der Waals surface area contributed by atoms with Gasteiger partial charge < -0.3 is 5.11 Å². The fraction of sp³-hybridized carbons (Fsp3) is 0. The van der Waals surface area contributed by atoms with Crippen molar-refractivity contribution in [2.75, 3.05) is 0 Å². The van der Waals surface area contributed by atoms with Gasteiger partial charge in [-0.15, -0.1) is 0 Å². The molecule has 0 aliphatic heterocycles. The standard InChI is InChI=1S/C13H8BrN3O2/c14-10-6-16-12(5-9(10)13(18)19)17-4-2-8-1-3-15-7-11(8)17/h1-7H,(H,18,19). The largest absolute Gasteiger partial charge is 0.478 e. The molecule has 0 spiro atoms. The van der Waals surface area contributed by atoms with E-state index in [1.54, 1.807) is 17.0 Å². The minimum Gasteiger partial charge on any atom is -0.478 e. The van der Waals surface area contributed by atoms with Gasteiger partial charge in [-0.05, 0) is 34.1 Å². The van der Waals surface area contributed by atoms with E-state index in [0.717, 1.165) is 10.9 Å². The Balaban J connectivity index is 2.22. The van der Waals surface area contributed by atoms with Crippen molar-refractivity contribution >= 4 is 32.8 Å². The zero-order valence-electron chi connectivity index (χ0n) is 9.62. The van der Waals surface area contributed by atoms with Crippen molar-refractivity contribution in [3.8, 4) is 5.82 Å². The minimum atomic E-state index is -0.995. The molecule has 0 aromatic carbocycles. The van der Waals surface area contributed by atoms with Crippen molar-refractivity contribution in [2.24, 2.45) is 0 Å². The van der Waals surface area contributed by atoms with Gasteiger partial charge in [-0.25, -0.2) is 9.78 Å². The molecule has 0 radical (unpaired) electrons. The first kappa shape index (κ1) is 11.9. The summed E-state index contributed by atoms with van der Waals surface area (Å²) in [6.07, 6.45) is 6.76. The molecular weight excluding hydrogens is 310 g/mol. The maximum absolute atomic E-state index is 11.1. The van der Waals surface area contributed by atoms with Crippen LogP contribution in [0.3, 0.4) is 0 Å². The van der Waals surface area contributed by atoms with Crippen LogP contribution >= 0.6 is 15.9 Å². The van der Waals surface area contributed by atoms with Crippen LogP contribution in [0.4, 0.5) is 0 Å². The summed E-state index contributed by atoms with van der Waals surface area (Å²) in [6, 6.07) is 5.35. The van der Waals surface area contributed by atoms with Crippen LogP contribution in [-0.2, 0) is 0 Å². The topological polar surface area (TPSA) is 68.0 Å². The van der Waals surface area contributed by atoms with E-state index < -0.39 is 5.97 Å². The molecule has 0 amide bonds. The lowest BCUT2D eigenvalue weighted by Gasteiger charge is -2.06. The third-order valence-electron chi connectivity index (χ3n) is 2.81. The van der Waals surface area contributed by atoms with Gasteiger partial charge in [0.1, 0.15) is 5.82 Å². The molecule has 0 aliphatic carbocycles. The zero-order valence-corrected chi connectivity index (χ0v) is 11.2. The number of halogens is 1. The highest BCUT2D eigenvalue weighted by Crippen LogP contribution is 2.22. The lowest BCUT2D eigenvalue weighted by molar-refractivity contribution is 0.0695. The van der Waals surface area contributed by atoms with Crippen molar-refractivity contribution < 1.29 is 9.90 Å². The van der Waals surface area contributed by atoms with Crippen molar-refractivity contribution in [2.45, 2.75) is 0 Å². The predicted octanol–water partition coefficient (Wildman–Crippen LogP) is 2.88. The lowest BCUT2D eigenvalue weighted by Crippen LogP contribution is -2.03. The Morgan fingerprint density at radius 3 is 2.95 bits per heavy atom. The average Bonchev–Trinajstić information content (AvgIpc) is 2.83. The second-order valence-electron chi connectivity index (χ2n) is 3.95. The first-order valence-electron chi connectivity index (χ1n) is 5.47. The number of carboxylic acid groups (broad SMARTS) is 1. The summed E-state index contributed by atoms with van der Waals surface area (Å²) in [5.41, 5.74) is 1.06. The normalized spacial score (nSPS) is 10.8. The Kier molecular flexibility index (Phi) is 2.79. The van der Waals surface area contributed by atoms with E-state index in [4.69, 9.17) is 5.11 Å². The summed E-state index contributed by atoms with van der Waals surface area (Å²) in [7, 11) is 0. The summed E-state index contributed by atoms with van der Waals surface area (Å²) in [6.45, 7) is 0. The number of nitrogens with zero attached hydrogens (tertiary/aromatic N) is 3. The third kappa shape index (κ3) is 2.00. The molecule has 0 bridgehead atoms. The van der Waals surface area contributed by atoms with Crippen molar-refractivity contribution in [1.29, 1.82) is 0 Å². The highest BCUT2D eigenvalue weighted by Gasteiger charge is 2.12. The molecule has 6 heteroatoms. The maximum atomic E-state index is 11.1. The first-order valence-corrected chi connectivity index (χ1v) is 6.26. The van der Waals surface area contributed by atoms with E-state index in [1.165, 1.54) is 12.3 Å². The van der Waals surface area contributed by atoms with Crippen LogP contribution in [0.1, 0.15) is 10.4 Å². The molecule has 19 heavy (non-hydrogen) atoms. The Morgan fingerprint density at radius 1 is 1.32 bits per heavy atom. The predicted molar refractivity (Wildman–Crippen MR) is 73.5 cm³/mol. The number of carboxylic acids is 1. The molecule has 1 N–H and O–H groups in total. The molecule has 0 saturated carbocycles. The van der Waals surface area contributed by atoms with E-state index in [0.29, 0.717) is 10.3 Å². The van der Waals surface area contributed by atoms with Crippen molar-refractivity contribution in [3.63, 3.8) is 0 Å². The Labute approximate surface area is 116 Å². The molecule has 3 aromatic rings. The number of aromatic nitrogens is 3. The molecule has 94 valence electrons. The molecule has 3 aromatic heterocycles. The summed E-state index contributed by atoms with van der Waals surface area (Å²) in [5.74, 6) is -0.450. The average molecular weight is 318 g/mol. The summed E-state index contributed by atoms with van der Waals surface area (Å²) in [5, 5.41) is 10.1. The number of pyridine rings is 2. The van der Waals surface area contributed by atoms with E-state index >= 15 is 0 Å². The number of aromatic carboxylic acids is 1. The van der Waals surface area contributed by atoms with Crippen LogP contribution in [-0.4, -0.2) is 25.6 Å². The molecule has 0 unspecified atom stereocenters. The summed E-state index contributed by atoms with van der Waals surface area (Å²) < 4.78 is 2.26. The van der Waals surface area contributed by atoms with Gasteiger partial charge >= 0.3 is 5.97 Å². The lowest BCUT2D eigenvalue weighted by atomic mass is 10.2. The second kappa shape index (κ2) is 4.47. The third-order valence-corrected chi connectivity index (χ3v) is 3.45. The first-order chi connectivity index (χ1) is 9.16. The molecule has 3 heterocycles. The summed E-state index contributed by atoms with van der Waals surface area (Å²) in [4.78, 5) is 19.4. The van der Waals surface area contributed by atoms with E-state index in [2.05, 4.69) is 25.9 Å². The second-order valence-corrected chi connectivity index (χ2v) is 4.80. The highest BCUT2D eigenvalue weighted by atomic mass is 79.9. The van der Waals surface area contributed by atoms with Crippen LogP contribution < -0.4 is 0 Å². The van der Waals surface area contributed by atoms with Gasteiger partial charge in [0.25, 0.3) is 0 Å². The number of hydrogen-bond acceptors (Lipinski definition) is 3. The van der Waals surface area contributed by atoms with Crippen molar-refractivity contribution in [1.82, 2.24) is 14.5 Å². The number of fused-ring (bicyclic) bond motifs is 1. The van der Waals surface area contributed by atoms with Crippen LogP contribution in [0.25, 0.3) is 16.7 Å². The fourth-order valence-corrected chi connectivity index (χ4v) is 2.28. The van der Waals surface area contributed by atoms with E-state index in [1.807, 2.05) is 18.3 Å². The minimum absolute atomic E-state index is 0.177. The quantitative estimate of drug-likeness (QED) is 0.789. The Morgan fingerprint density at radius 2 is 2.16 bits per heavy atom.